The number of rotatable bonds is 14. The first kappa shape index (κ1) is 23.4. The number of hydrogen-bond donors (Lipinski definition) is 1. The van der Waals surface area contributed by atoms with Crippen LogP contribution in [0.4, 0.5) is 0 Å². The molecule has 0 aromatic rings. The molecule has 0 aliphatic rings. The quantitative estimate of drug-likeness (QED) is 0.299. The Balaban J connectivity index is 0. The molecule has 0 saturated carbocycles. The number of unbranched alkanes of at least 4 members (excludes halogenated alkanes) is 11. The van der Waals surface area contributed by atoms with Crippen molar-refractivity contribution in [1.82, 2.24) is 0 Å². The van der Waals surface area contributed by atoms with Gasteiger partial charge in [0.05, 0.1) is 6.61 Å². The summed E-state index contributed by atoms with van der Waals surface area (Å²) in [4.78, 5) is 0. The van der Waals surface area contributed by atoms with Crippen LogP contribution in [0.3, 0.4) is 0 Å². The van der Waals surface area contributed by atoms with E-state index in [1.54, 1.807) is 0 Å². The third kappa shape index (κ3) is 21.4. The van der Waals surface area contributed by atoms with Crippen LogP contribution in [0.1, 0.15) is 84.0 Å². The van der Waals surface area contributed by atoms with Crippen LogP contribution in [0.5, 0.6) is 0 Å². The van der Waals surface area contributed by atoms with Gasteiger partial charge in [-0.15, -0.1) is 0 Å². The predicted molar refractivity (Wildman–Crippen MR) is 87.1 cm³/mol. The molecule has 0 rings (SSSR count). The predicted octanol–water partition coefficient (Wildman–Crippen LogP) is 3.59. The van der Waals surface area contributed by atoms with E-state index in [2.05, 4.69) is 11.1 Å². The van der Waals surface area contributed by atoms with E-state index >= 15 is 0 Å². The summed E-state index contributed by atoms with van der Waals surface area (Å²) in [5.41, 5.74) is 0. The van der Waals surface area contributed by atoms with Gasteiger partial charge in [-0.25, -0.2) is 4.18 Å². The first-order valence-corrected chi connectivity index (χ1v) is 9.04. The molecule has 0 amide bonds. The molecular weight excluding hydrogens is 304 g/mol. The molecule has 0 atom stereocenters. The molecule has 0 aliphatic heterocycles. The topological polar surface area (TPSA) is 63.6 Å². The molecule has 4 nitrogen and oxygen atoms in total. The van der Waals surface area contributed by atoms with Crippen molar-refractivity contribution in [2.24, 2.45) is 0 Å². The van der Waals surface area contributed by atoms with Crippen LogP contribution in [-0.2, 0) is 14.6 Å². The summed E-state index contributed by atoms with van der Waals surface area (Å²) >= 11 is 0. The normalized spacial score (nSPS) is 11.3. The van der Waals surface area contributed by atoms with Crippen LogP contribution >= 0.6 is 0 Å². The monoisotopic (exact) mass is 336 g/mol. The Bertz CT molecular complexity index is 281. The summed E-state index contributed by atoms with van der Waals surface area (Å²) in [5.74, 6) is 0. The molecular formula is C14H32CaO4S. The summed E-state index contributed by atoms with van der Waals surface area (Å²) < 4.78 is 33.1. The average molecular weight is 337 g/mol. The van der Waals surface area contributed by atoms with Crippen molar-refractivity contribution < 1.29 is 17.2 Å². The Hall–Kier alpha value is 1.13. The van der Waals surface area contributed by atoms with Crippen molar-refractivity contribution in [2.45, 2.75) is 84.0 Å². The Morgan fingerprint density at radius 2 is 1.10 bits per heavy atom. The van der Waals surface area contributed by atoms with Crippen molar-refractivity contribution in [3.05, 3.63) is 0 Å². The van der Waals surface area contributed by atoms with Crippen LogP contribution in [0.2, 0.25) is 0 Å². The maximum atomic E-state index is 10.3. The van der Waals surface area contributed by atoms with Crippen molar-refractivity contribution in [3.63, 3.8) is 0 Å². The molecule has 1 N–H and O–H groups in total. The van der Waals surface area contributed by atoms with Crippen LogP contribution < -0.4 is 0 Å². The van der Waals surface area contributed by atoms with Gasteiger partial charge in [0.25, 0.3) is 0 Å². The fraction of sp³-hybridized carbons (Fsp3) is 1.00. The summed E-state index contributed by atoms with van der Waals surface area (Å²) in [6.07, 6.45) is 14.7. The van der Waals surface area contributed by atoms with Gasteiger partial charge in [0, 0.05) is 0 Å². The molecule has 0 heterocycles. The molecule has 0 bridgehead atoms. The Morgan fingerprint density at radius 1 is 0.750 bits per heavy atom. The third-order valence-corrected chi connectivity index (χ3v) is 3.69. The Morgan fingerprint density at radius 3 is 1.45 bits per heavy atom. The van der Waals surface area contributed by atoms with E-state index in [1.165, 1.54) is 57.8 Å². The average Bonchev–Trinajstić information content (AvgIpc) is 2.34. The molecule has 0 spiro atoms. The van der Waals surface area contributed by atoms with E-state index in [9.17, 15) is 8.42 Å². The summed E-state index contributed by atoms with van der Waals surface area (Å²) in [6.45, 7) is 2.33. The number of hydrogen-bond acceptors (Lipinski definition) is 3. The second-order valence-electron chi connectivity index (χ2n) is 5.14. The maximum absolute atomic E-state index is 10.3. The fourth-order valence-electron chi connectivity index (χ4n) is 2.11. The van der Waals surface area contributed by atoms with Crippen LogP contribution in [-0.4, -0.2) is 57.3 Å². The zero-order valence-corrected chi connectivity index (χ0v) is 13.1. The molecule has 0 aromatic carbocycles. The molecule has 20 heavy (non-hydrogen) atoms. The van der Waals surface area contributed by atoms with Gasteiger partial charge in [0.2, 0.25) is 0 Å². The van der Waals surface area contributed by atoms with E-state index in [4.69, 9.17) is 4.55 Å². The molecule has 120 valence electrons. The molecule has 0 saturated heterocycles. The van der Waals surface area contributed by atoms with Gasteiger partial charge < -0.3 is 0 Å². The van der Waals surface area contributed by atoms with E-state index < -0.39 is 10.4 Å². The zero-order chi connectivity index (χ0) is 14.4. The van der Waals surface area contributed by atoms with Crippen LogP contribution in [0.15, 0.2) is 0 Å². The van der Waals surface area contributed by atoms with Gasteiger partial charge in [-0.05, 0) is 6.42 Å². The zero-order valence-electron chi connectivity index (χ0n) is 12.3. The summed E-state index contributed by atoms with van der Waals surface area (Å²) in [5, 5.41) is 0. The van der Waals surface area contributed by atoms with E-state index in [-0.39, 0.29) is 44.3 Å². The SMILES string of the molecule is CCCCCCCCCCCCCCOS(=O)(=O)O.[CaH2]. The van der Waals surface area contributed by atoms with E-state index in [1.807, 2.05) is 0 Å². The van der Waals surface area contributed by atoms with Gasteiger partial charge in [0.15, 0.2) is 0 Å². The Labute approximate surface area is 155 Å². The van der Waals surface area contributed by atoms with E-state index in [0.717, 1.165) is 12.8 Å². The van der Waals surface area contributed by atoms with Crippen LogP contribution in [0, 0.1) is 0 Å². The van der Waals surface area contributed by atoms with Crippen molar-refractivity contribution in [1.29, 1.82) is 0 Å². The van der Waals surface area contributed by atoms with Crippen LogP contribution in [0.25, 0.3) is 0 Å². The molecule has 6 heteroatoms. The van der Waals surface area contributed by atoms with E-state index in [0.29, 0.717) is 6.42 Å². The fourth-order valence-corrected chi connectivity index (χ4v) is 2.44. The molecule has 0 aromatic heterocycles. The van der Waals surface area contributed by atoms with Crippen molar-refractivity contribution in [3.8, 4) is 0 Å². The summed E-state index contributed by atoms with van der Waals surface area (Å²) in [7, 11) is -4.24. The van der Waals surface area contributed by atoms with Crippen molar-refractivity contribution in [2.75, 3.05) is 6.61 Å². The third-order valence-electron chi connectivity index (χ3n) is 3.23. The first-order valence-electron chi connectivity index (χ1n) is 7.68. The molecule has 0 unspecified atom stereocenters. The van der Waals surface area contributed by atoms with Gasteiger partial charge >= 0.3 is 48.1 Å². The second-order valence-corrected chi connectivity index (χ2v) is 6.23. The van der Waals surface area contributed by atoms with Gasteiger partial charge in [-0.2, -0.15) is 8.42 Å². The second kappa shape index (κ2) is 16.5. The van der Waals surface area contributed by atoms with Gasteiger partial charge in [0.1, 0.15) is 0 Å². The summed E-state index contributed by atoms with van der Waals surface area (Å²) in [6, 6.07) is 0. The molecule has 0 aliphatic carbocycles. The van der Waals surface area contributed by atoms with Gasteiger partial charge in [-0.3, -0.25) is 4.55 Å². The minimum atomic E-state index is -4.24. The minimum absolute atomic E-state index is 0. The van der Waals surface area contributed by atoms with Crippen molar-refractivity contribution >= 4 is 48.1 Å². The van der Waals surface area contributed by atoms with Gasteiger partial charge in [-0.1, -0.05) is 77.6 Å². The molecule has 0 fully saturated rings. The first-order chi connectivity index (χ1) is 9.06. The molecule has 0 radical (unpaired) electrons. The Kier molecular flexibility index (Phi) is 19.3. The standard InChI is InChI=1S/C14H30O4S.Ca.2H/c1-2-3-4-5-6-7-8-9-10-11-12-13-14-18-19(15,16)17;;;/h2-14H2,1H3,(H,15,16,17);;;.